The van der Waals surface area contributed by atoms with Crippen LogP contribution in [0.2, 0.25) is 0 Å². The molecule has 0 saturated carbocycles. The molecule has 55 heavy (non-hydrogen) atoms. The number of fused-ring (bicyclic) bond motifs is 11. The lowest BCUT2D eigenvalue weighted by Gasteiger charge is -2.11. The molecule has 0 amide bonds. The molecule has 3 nitrogen and oxygen atoms in total. The SMILES string of the molecule is c1ccc(-c2ccc(-n3c4ccccc4c4cc(-c5ccc6c(c5)c5ccc7ccccc7c5n6-c5cccc6c5oc5ccccc56)ccc43)cc2)cc1. The Morgan fingerprint density at radius 2 is 0.927 bits per heavy atom. The van der Waals surface area contributed by atoms with Gasteiger partial charge in [0.05, 0.1) is 27.8 Å². The maximum atomic E-state index is 6.62. The lowest BCUT2D eigenvalue weighted by atomic mass is 10.00. The van der Waals surface area contributed by atoms with Crippen molar-refractivity contribution in [1.82, 2.24) is 9.13 Å². The Hall–Kier alpha value is -7.36. The number of benzene rings is 9. The zero-order valence-corrected chi connectivity index (χ0v) is 29.8. The molecule has 3 heterocycles. The van der Waals surface area contributed by atoms with Crippen LogP contribution in [0.3, 0.4) is 0 Å². The highest BCUT2D eigenvalue weighted by molar-refractivity contribution is 6.20. The second-order valence-electron chi connectivity index (χ2n) is 14.5. The number of hydrogen-bond donors (Lipinski definition) is 0. The maximum Gasteiger partial charge on any atom is 0.159 e. The molecular weight excluding hydrogens is 669 g/mol. The minimum absolute atomic E-state index is 0.899. The van der Waals surface area contributed by atoms with Crippen molar-refractivity contribution in [2.75, 3.05) is 0 Å². The molecule has 9 aromatic carbocycles. The Morgan fingerprint density at radius 1 is 0.327 bits per heavy atom. The van der Waals surface area contributed by atoms with Crippen molar-refractivity contribution in [3.63, 3.8) is 0 Å². The molecule has 0 saturated heterocycles. The lowest BCUT2D eigenvalue weighted by Crippen LogP contribution is -1.95. The maximum absolute atomic E-state index is 6.62. The van der Waals surface area contributed by atoms with Gasteiger partial charge in [0.2, 0.25) is 0 Å². The Kier molecular flexibility index (Phi) is 6.34. The number of para-hydroxylation sites is 3. The molecule has 0 aliphatic heterocycles. The molecule has 3 aromatic heterocycles. The highest BCUT2D eigenvalue weighted by atomic mass is 16.3. The third-order valence-electron chi connectivity index (χ3n) is 11.5. The average molecular weight is 701 g/mol. The van der Waals surface area contributed by atoms with Crippen molar-refractivity contribution in [2.24, 2.45) is 0 Å². The number of nitrogens with zero attached hydrogens (tertiary/aromatic N) is 2. The number of furan rings is 1. The van der Waals surface area contributed by atoms with E-state index in [9.17, 15) is 0 Å². The zero-order valence-electron chi connectivity index (χ0n) is 29.8. The van der Waals surface area contributed by atoms with Gasteiger partial charge in [0.15, 0.2) is 5.58 Å². The normalized spacial score (nSPS) is 12.0. The molecule has 0 radical (unpaired) electrons. The second-order valence-corrected chi connectivity index (χ2v) is 14.5. The molecule has 0 bridgehead atoms. The van der Waals surface area contributed by atoms with E-state index in [2.05, 4.69) is 197 Å². The monoisotopic (exact) mass is 700 g/mol. The summed E-state index contributed by atoms with van der Waals surface area (Å²) in [5.74, 6) is 0. The van der Waals surface area contributed by atoms with Gasteiger partial charge in [0.1, 0.15) is 5.58 Å². The summed E-state index contributed by atoms with van der Waals surface area (Å²) in [6, 6.07) is 70.2. The first kappa shape index (κ1) is 30.1. The first-order valence-corrected chi connectivity index (χ1v) is 18.8. The Labute approximate surface area is 316 Å². The molecule has 0 spiro atoms. The summed E-state index contributed by atoms with van der Waals surface area (Å²) in [6.45, 7) is 0. The molecule has 0 aliphatic carbocycles. The first-order valence-electron chi connectivity index (χ1n) is 18.8. The Balaban J connectivity index is 1.06. The lowest BCUT2D eigenvalue weighted by molar-refractivity contribution is 0.666. The molecule has 256 valence electrons. The van der Waals surface area contributed by atoms with Gasteiger partial charge in [-0.05, 0) is 82.2 Å². The van der Waals surface area contributed by atoms with Crippen molar-refractivity contribution < 1.29 is 4.42 Å². The van der Waals surface area contributed by atoms with Crippen LogP contribution in [0, 0.1) is 0 Å². The predicted molar refractivity (Wildman–Crippen MR) is 231 cm³/mol. The van der Waals surface area contributed by atoms with Gasteiger partial charge in [-0.1, -0.05) is 140 Å². The summed E-state index contributed by atoms with van der Waals surface area (Å²) in [4.78, 5) is 0. The smallest absolute Gasteiger partial charge is 0.159 e. The van der Waals surface area contributed by atoms with Crippen LogP contribution < -0.4 is 0 Å². The van der Waals surface area contributed by atoms with Gasteiger partial charge in [0.25, 0.3) is 0 Å². The van der Waals surface area contributed by atoms with Crippen LogP contribution in [-0.2, 0) is 0 Å². The summed E-state index contributed by atoms with van der Waals surface area (Å²) in [6.07, 6.45) is 0. The molecule has 12 rings (SSSR count). The number of aromatic nitrogens is 2. The highest BCUT2D eigenvalue weighted by Crippen LogP contribution is 2.42. The van der Waals surface area contributed by atoms with Gasteiger partial charge in [-0.25, -0.2) is 0 Å². The van der Waals surface area contributed by atoms with Crippen molar-refractivity contribution in [2.45, 2.75) is 0 Å². The topological polar surface area (TPSA) is 23.0 Å². The van der Waals surface area contributed by atoms with E-state index in [0.29, 0.717) is 0 Å². The molecule has 12 aromatic rings. The third kappa shape index (κ3) is 4.44. The molecule has 0 N–H and O–H groups in total. The van der Waals surface area contributed by atoms with Gasteiger partial charge in [0, 0.05) is 43.4 Å². The van der Waals surface area contributed by atoms with E-state index in [1.165, 1.54) is 71.1 Å². The Morgan fingerprint density at radius 3 is 1.75 bits per heavy atom. The van der Waals surface area contributed by atoms with Crippen LogP contribution in [0.5, 0.6) is 0 Å². The average Bonchev–Trinajstić information content (AvgIpc) is 3.91. The van der Waals surface area contributed by atoms with Gasteiger partial charge in [-0.15, -0.1) is 0 Å². The van der Waals surface area contributed by atoms with E-state index >= 15 is 0 Å². The summed E-state index contributed by atoms with van der Waals surface area (Å²) in [5, 5.41) is 9.62. The highest BCUT2D eigenvalue weighted by Gasteiger charge is 2.20. The van der Waals surface area contributed by atoms with Gasteiger partial charge < -0.3 is 13.6 Å². The van der Waals surface area contributed by atoms with Crippen LogP contribution in [-0.4, -0.2) is 9.13 Å². The van der Waals surface area contributed by atoms with Crippen LogP contribution in [0.4, 0.5) is 0 Å². The van der Waals surface area contributed by atoms with E-state index in [4.69, 9.17) is 4.42 Å². The van der Waals surface area contributed by atoms with Gasteiger partial charge >= 0.3 is 0 Å². The van der Waals surface area contributed by atoms with Crippen molar-refractivity contribution in [1.29, 1.82) is 0 Å². The molecule has 0 aliphatic rings. The quantitative estimate of drug-likeness (QED) is 0.179. The van der Waals surface area contributed by atoms with Crippen molar-refractivity contribution >= 4 is 76.3 Å². The van der Waals surface area contributed by atoms with Crippen LogP contribution in [0.15, 0.2) is 199 Å². The summed E-state index contributed by atoms with van der Waals surface area (Å²) < 4.78 is 11.4. The molecule has 3 heteroatoms. The zero-order chi connectivity index (χ0) is 36.0. The predicted octanol–water partition coefficient (Wildman–Crippen LogP) is 14.3. The van der Waals surface area contributed by atoms with E-state index in [-0.39, 0.29) is 0 Å². The van der Waals surface area contributed by atoms with Gasteiger partial charge in [-0.3, -0.25) is 0 Å². The van der Waals surface area contributed by atoms with Gasteiger partial charge in [-0.2, -0.15) is 0 Å². The van der Waals surface area contributed by atoms with Crippen LogP contribution in [0.1, 0.15) is 0 Å². The Bertz CT molecular complexity index is 3470. The van der Waals surface area contributed by atoms with Crippen molar-refractivity contribution in [3.8, 4) is 33.6 Å². The molecule has 0 atom stereocenters. The molecule has 0 fully saturated rings. The van der Waals surface area contributed by atoms with Crippen LogP contribution >= 0.6 is 0 Å². The summed E-state index contributed by atoms with van der Waals surface area (Å²) in [5.41, 5.74) is 13.6. The summed E-state index contributed by atoms with van der Waals surface area (Å²) >= 11 is 0. The first-order chi connectivity index (χ1) is 27.3. The van der Waals surface area contributed by atoms with Crippen molar-refractivity contribution in [3.05, 3.63) is 194 Å². The number of hydrogen-bond acceptors (Lipinski definition) is 1. The molecular formula is C52H32N2O. The fourth-order valence-electron chi connectivity index (χ4n) is 8.98. The summed E-state index contributed by atoms with van der Waals surface area (Å²) in [7, 11) is 0. The van der Waals surface area contributed by atoms with Crippen LogP contribution in [0.25, 0.3) is 110 Å². The minimum Gasteiger partial charge on any atom is -0.454 e. The van der Waals surface area contributed by atoms with E-state index in [1.54, 1.807) is 0 Å². The fraction of sp³-hybridized carbons (Fsp3) is 0. The minimum atomic E-state index is 0.899. The largest absolute Gasteiger partial charge is 0.454 e. The second kappa shape index (κ2) is 11.6. The van der Waals surface area contributed by atoms with E-state index < -0.39 is 0 Å². The molecule has 0 unspecified atom stereocenters. The third-order valence-corrected chi connectivity index (χ3v) is 11.5. The standard InChI is InChI=1S/C52H32N2O/c1-2-11-33(12-3-1)34-21-26-38(27-22-34)53-46-18-8-6-15-40(46)44-31-36(24-29-47(44)53)37-25-30-48-45(32-37)42-28-23-35-13-4-5-14-39(35)51(42)54(48)49-19-10-17-43-41-16-7-9-20-50(41)55-52(43)49/h1-32H. The number of rotatable bonds is 4. The fourth-order valence-corrected chi connectivity index (χ4v) is 8.98. The van der Waals surface area contributed by atoms with E-state index in [1.807, 2.05) is 6.07 Å². The van der Waals surface area contributed by atoms with E-state index in [0.717, 1.165) is 38.8 Å².